The number of hydrogen-bond donors (Lipinski definition) is 3. The van der Waals surface area contributed by atoms with Crippen molar-refractivity contribution < 1.29 is 19.8 Å². The first-order valence-corrected chi connectivity index (χ1v) is 14.2. The van der Waals surface area contributed by atoms with Crippen LogP contribution in [0.1, 0.15) is 80.1 Å². The van der Waals surface area contributed by atoms with Crippen molar-refractivity contribution in [2.75, 3.05) is 20.7 Å². The van der Waals surface area contributed by atoms with E-state index in [9.17, 15) is 19.8 Å². The van der Waals surface area contributed by atoms with Gasteiger partial charge in [-0.2, -0.15) is 0 Å². The van der Waals surface area contributed by atoms with Gasteiger partial charge in [0, 0.05) is 41.7 Å². The van der Waals surface area contributed by atoms with Crippen LogP contribution in [0.5, 0.6) is 0 Å². The van der Waals surface area contributed by atoms with E-state index < -0.39 is 11.5 Å². The first-order valence-electron chi connectivity index (χ1n) is 14.2. The van der Waals surface area contributed by atoms with Crippen molar-refractivity contribution in [3.05, 3.63) is 11.6 Å². The average Bonchev–Trinajstić information content (AvgIpc) is 2.92. The Labute approximate surface area is 218 Å². The molecule has 3 N–H and O–H groups in total. The Bertz CT molecular complexity index is 915. The summed E-state index contributed by atoms with van der Waals surface area (Å²) in [4.78, 5) is 28.6. The fraction of sp³-hybridized carbons (Fsp3) is 0.867. The van der Waals surface area contributed by atoms with E-state index in [0.717, 1.165) is 25.7 Å². The third-order valence-electron chi connectivity index (χ3n) is 11.7. The van der Waals surface area contributed by atoms with Gasteiger partial charge in [-0.15, -0.1) is 0 Å². The van der Waals surface area contributed by atoms with Crippen LogP contribution in [0.4, 0.5) is 0 Å². The minimum absolute atomic E-state index is 0.0114. The molecule has 3 saturated carbocycles. The Morgan fingerprint density at radius 1 is 1.17 bits per heavy atom. The van der Waals surface area contributed by atoms with Crippen LogP contribution in [0, 0.1) is 45.8 Å². The van der Waals surface area contributed by atoms with E-state index in [4.69, 9.17) is 0 Å². The molecule has 0 aromatic rings. The van der Waals surface area contributed by atoms with Gasteiger partial charge in [0.25, 0.3) is 0 Å². The molecule has 0 aliphatic heterocycles. The highest BCUT2D eigenvalue weighted by atomic mass is 16.3. The van der Waals surface area contributed by atoms with Crippen LogP contribution in [0.3, 0.4) is 0 Å². The van der Waals surface area contributed by atoms with E-state index in [-0.39, 0.29) is 65.0 Å². The van der Waals surface area contributed by atoms with Gasteiger partial charge in [-0.05, 0) is 75.8 Å². The molecule has 0 unspecified atom stereocenters. The Kier molecular flexibility index (Phi) is 7.33. The Morgan fingerprint density at radius 2 is 1.83 bits per heavy atom. The second kappa shape index (κ2) is 9.50. The number of carbonyl (C=O) groups excluding carboxylic acids is 2. The predicted octanol–water partition coefficient (Wildman–Crippen LogP) is 3.80. The maximum absolute atomic E-state index is 13.9. The number of ketones is 1. The average molecular weight is 503 g/mol. The number of fused-ring (bicyclic) bond motifs is 4. The summed E-state index contributed by atoms with van der Waals surface area (Å²) in [5.41, 5.74) is 0.486. The molecule has 10 atom stereocenters. The van der Waals surface area contributed by atoms with E-state index in [1.807, 2.05) is 13.8 Å². The first-order chi connectivity index (χ1) is 16.7. The number of allylic oxidation sites excluding steroid dienone is 1. The largest absolute Gasteiger partial charge is 0.396 e. The molecule has 4 aliphatic rings. The molecule has 6 nitrogen and oxygen atoms in total. The summed E-state index contributed by atoms with van der Waals surface area (Å²) in [7, 11) is 4.13. The van der Waals surface area contributed by atoms with Crippen LogP contribution in [-0.2, 0) is 9.59 Å². The lowest BCUT2D eigenvalue weighted by Gasteiger charge is -2.56. The van der Waals surface area contributed by atoms with Gasteiger partial charge in [0.2, 0.25) is 5.91 Å². The fourth-order valence-electron chi connectivity index (χ4n) is 9.08. The van der Waals surface area contributed by atoms with E-state index in [1.54, 1.807) is 0 Å². The maximum atomic E-state index is 13.9. The number of carbonyl (C=O) groups is 2. The Hall–Kier alpha value is -1.24. The van der Waals surface area contributed by atoms with Gasteiger partial charge in [0.05, 0.1) is 12.7 Å². The number of aliphatic hydroxyl groups is 2. The lowest BCUT2D eigenvalue weighted by atomic mass is 9.48. The quantitative estimate of drug-likeness (QED) is 0.498. The van der Waals surface area contributed by atoms with Crippen LogP contribution < -0.4 is 5.32 Å². The highest BCUT2D eigenvalue weighted by Crippen LogP contribution is 2.69. The SMILES string of the molecule is CC(C)C(=O)N[C@H]1CC=C2C[C@@H]3C(=O)C[C@]4(C)[C@@H]([C@H](C)N(C)C)[C@H](O)C[C@@]4(C)[C@@H]3CC[C@H]2[C@]1(C)CO. The fourth-order valence-corrected chi connectivity index (χ4v) is 9.08. The molecule has 0 spiro atoms. The number of amides is 1. The molecular weight excluding hydrogens is 452 g/mol. The molecule has 1 amide bonds. The zero-order valence-electron chi connectivity index (χ0n) is 23.8. The molecule has 0 saturated heterocycles. The number of hydrogen-bond acceptors (Lipinski definition) is 5. The van der Waals surface area contributed by atoms with Crippen LogP contribution in [0.15, 0.2) is 11.6 Å². The smallest absolute Gasteiger partial charge is 0.222 e. The van der Waals surface area contributed by atoms with Gasteiger partial charge in [0.15, 0.2) is 0 Å². The van der Waals surface area contributed by atoms with Gasteiger partial charge in [-0.1, -0.05) is 46.3 Å². The van der Waals surface area contributed by atoms with Crippen LogP contribution in [-0.4, -0.2) is 65.7 Å². The summed E-state index contributed by atoms with van der Waals surface area (Å²) in [6.45, 7) is 12.7. The van der Waals surface area contributed by atoms with Crippen molar-refractivity contribution in [2.45, 2.75) is 98.3 Å². The topological polar surface area (TPSA) is 89.9 Å². The van der Waals surface area contributed by atoms with E-state index in [1.165, 1.54) is 5.57 Å². The molecular formula is C30H50N2O4. The second-order valence-electron chi connectivity index (χ2n) is 13.9. The molecule has 4 rings (SSSR count). The van der Waals surface area contributed by atoms with Crippen molar-refractivity contribution in [1.82, 2.24) is 10.2 Å². The van der Waals surface area contributed by atoms with Gasteiger partial charge >= 0.3 is 0 Å². The molecule has 0 radical (unpaired) electrons. The summed E-state index contributed by atoms with van der Waals surface area (Å²) in [6, 6.07) is 0.0803. The van der Waals surface area contributed by atoms with Gasteiger partial charge in [-0.3, -0.25) is 9.59 Å². The number of rotatable bonds is 5. The van der Waals surface area contributed by atoms with Crippen LogP contribution in [0.25, 0.3) is 0 Å². The van der Waals surface area contributed by atoms with Gasteiger partial charge in [-0.25, -0.2) is 0 Å². The van der Waals surface area contributed by atoms with Crippen molar-refractivity contribution in [3.63, 3.8) is 0 Å². The van der Waals surface area contributed by atoms with E-state index in [2.05, 4.69) is 58.1 Å². The molecule has 0 aromatic carbocycles. The minimum atomic E-state index is -0.452. The molecule has 6 heteroatoms. The zero-order valence-corrected chi connectivity index (χ0v) is 23.8. The summed E-state index contributed by atoms with van der Waals surface area (Å²) < 4.78 is 0. The van der Waals surface area contributed by atoms with Crippen molar-refractivity contribution in [1.29, 1.82) is 0 Å². The highest BCUT2D eigenvalue weighted by molar-refractivity contribution is 5.84. The van der Waals surface area contributed by atoms with Crippen molar-refractivity contribution in [2.24, 2.45) is 45.8 Å². The number of nitrogens with zero attached hydrogens (tertiary/aromatic N) is 1. The third kappa shape index (κ3) is 4.01. The summed E-state index contributed by atoms with van der Waals surface area (Å²) in [5.74, 6) is 0.679. The zero-order chi connectivity index (χ0) is 26.8. The lowest BCUT2D eigenvalue weighted by molar-refractivity contribution is -0.147. The van der Waals surface area contributed by atoms with Gasteiger partial charge in [0.1, 0.15) is 5.78 Å². The summed E-state index contributed by atoms with van der Waals surface area (Å²) >= 11 is 0. The lowest BCUT2D eigenvalue weighted by Crippen LogP contribution is -2.55. The normalized spacial score (nSPS) is 45.4. The molecule has 3 fully saturated rings. The minimum Gasteiger partial charge on any atom is -0.396 e. The predicted molar refractivity (Wildman–Crippen MR) is 142 cm³/mol. The summed E-state index contributed by atoms with van der Waals surface area (Å²) in [5, 5.41) is 25.3. The number of aliphatic hydroxyl groups excluding tert-OH is 2. The molecule has 204 valence electrons. The Balaban J connectivity index is 1.68. The van der Waals surface area contributed by atoms with Crippen LogP contribution in [0.2, 0.25) is 0 Å². The van der Waals surface area contributed by atoms with Crippen LogP contribution >= 0.6 is 0 Å². The van der Waals surface area contributed by atoms with E-state index >= 15 is 0 Å². The molecule has 36 heavy (non-hydrogen) atoms. The standard InChI is InChI=1S/C30H50N2O4/c1-17(2)27(36)31-25-12-9-19-13-20-22(11-10-21(19)28(25,4)16-33)29(5)15-24(35)26(18(3)32(7)8)30(29,6)14-23(20)34/h9,17-18,20-22,24-26,33,35H,10-16H2,1-8H3,(H,31,36)/t18-,20-,21+,22+,24+,25-,26-,28-,29-,30+/m0/s1. The van der Waals surface area contributed by atoms with Gasteiger partial charge < -0.3 is 20.4 Å². The van der Waals surface area contributed by atoms with Crippen molar-refractivity contribution in [3.8, 4) is 0 Å². The molecule has 0 bridgehead atoms. The third-order valence-corrected chi connectivity index (χ3v) is 11.7. The van der Waals surface area contributed by atoms with Crippen molar-refractivity contribution >= 4 is 11.7 Å². The maximum Gasteiger partial charge on any atom is 0.222 e. The summed E-state index contributed by atoms with van der Waals surface area (Å²) in [6.07, 6.45) is 6.41. The number of Topliss-reactive ketones (excluding diaryl/α,β-unsaturated/α-hetero) is 1. The molecule has 0 heterocycles. The second-order valence-corrected chi connectivity index (χ2v) is 13.9. The van der Waals surface area contributed by atoms with E-state index in [0.29, 0.717) is 18.6 Å². The molecule has 0 aromatic heterocycles. The highest BCUT2D eigenvalue weighted by Gasteiger charge is 2.67. The first kappa shape index (κ1) is 27.8. The monoisotopic (exact) mass is 502 g/mol. The molecule has 4 aliphatic carbocycles. The Morgan fingerprint density at radius 3 is 2.42 bits per heavy atom. The number of nitrogens with one attached hydrogen (secondary N) is 1.